The topological polar surface area (TPSA) is 37.3 Å². The van der Waals surface area contributed by atoms with Gasteiger partial charge in [0.2, 0.25) is 0 Å². The summed E-state index contributed by atoms with van der Waals surface area (Å²) in [6, 6.07) is 1.94. The molecule has 0 aliphatic heterocycles. The lowest BCUT2D eigenvalue weighted by Crippen LogP contribution is -2.37. The number of carbonyl (C=O) groups is 1. The molecular weight excluding hydrogens is 228 g/mol. The fourth-order valence-electron chi connectivity index (χ4n) is 1.28. The number of halogens is 3. The summed E-state index contributed by atoms with van der Waals surface area (Å²) < 4.78 is 37.5. The van der Waals surface area contributed by atoms with E-state index in [1.54, 1.807) is 0 Å². The number of rotatable bonds is 2. The highest BCUT2D eigenvalue weighted by atomic mass is 32.1. The Labute approximate surface area is 89.6 Å². The van der Waals surface area contributed by atoms with Crippen molar-refractivity contribution in [3.05, 3.63) is 23.3 Å². The minimum atomic E-state index is -5.21. The van der Waals surface area contributed by atoms with Crippen LogP contribution in [0, 0.1) is 6.92 Å². The van der Waals surface area contributed by atoms with Gasteiger partial charge in [0.1, 0.15) is 0 Å². The van der Waals surface area contributed by atoms with Crippen molar-refractivity contribution in [2.45, 2.75) is 11.8 Å². The molecule has 0 saturated carbocycles. The Morgan fingerprint density at radius 3 is 2.33 bits per heavy atom. The van der Waals surface area contributed by atoms with E-state index < -0.39 is 18.4 Å². The van der Waals surface area contributed by atoms with Gasteiger partial charge in [-0.2, -0.15) is 0 Å². The van der Waals surface area contributed by atoms with Gasteiger partial charge in [0, 0.05) is 4.90 Å². The quantitative estimate of drug-likeness (QED) is 0.607. The first-order valence-corrected chi connectivity index (χ1v) is 4.45. The maximum atomic E-state index is 12.5. The third-order valence-electron chi connectivity index (χ3n) is 2.02. The van der Waals surface area contributed by atoms with Crippen LogP contribution in [-0.2, 0) is 0 Å². The van der Waals surface area contributed by atoms with E-state index in [-0.39, 0.29) is 16.0 Å². The summed E-state index contributed by atoms with van der Waals surface area (Å²) in [5.41, 5.74) is -1.54. The normalized spacial score (nSPS) is 11.5. The van der Waals surface area contributed by atoms with Gasteiger partial charge in [-0.1, -0.05) is 11.6 Å². The van der Waals surface area contributed by atoms with E-state index in [1.165, 1.54) is 0 Å². The molecule has 1 aromatic rings. The second-order valence-corrected chi connectivity index (χ2v) is 3.60. The van der Waals surface area contributed by atoms with Crippen molar-refractivity contribution in [2.75, 3.05) is 0 Å². The van der Waals surface area contributed by atoms with Crippen LogP contribution in [-0.4, -0.2) is 18.1 Å². The van der Waals surface area contributed by atoms with Gasteiger partial charge in [-0.25, -0.2) is 4.79 Å². The van der Waals surface area contributed by atoms with Crippen LogP contribution in [0.3, 0.4) is 0 Å². The minimum Gasteiger partial charge on any atom is -0.478 e. The highest BCUT2D eigenvalue weighted by Gasteiger charge is 2.29. The largest absolute Gasteiger partial charge is 0.509 e. The molecule has 0 unspecified atom stereocenters. The summed E-state index contributed by atoms with van der Waals surface area (Å²) in [5, 5.41) is 8.69. The molecule has 0 amide bonds. The lowest BCUT2D eigenvalue weighted by Gasteiger charge is -2.19. The molecule has 0 atom stereocenters. The molecule has 0 aliphatic rings. The lowest BCUT2D eigenvalue weighted by molar-refractivity contribution is 0.0696. The smallest absolute Gasteiger partial charge is 0.478 e. The van der Waals surface area contributed by atoms with Crippen molar-refractivity contribution < 1.29 is 22.8 Å². The average Bonchev–Trinajstić information content (AvgIpc) is 2.06. The van der Waals surface area contributed by atoms with Crippen LogP contribution in [0.5, 0.6) is 0 Å². The van der Waals surface area contributed by atoms with E-state index in [9.17, 15) is 17.7 Å². The van der Waals surface area contributed by atoms with Crippen LogP contribution in [0.15, 0.2) is 17.0 Å². The molecule has 82 valence electrons. The van der Waals surface area contributed by atoms with E-state index in [4.69, 9.17) is 5.11 Å². The Morgan fingerprint density at radius 2 is 1.93 bits per heavy atom. The standard InChI is InChI=1S/C8H7BF3O2S/c1-4-6(8(13)14)2-5(15)3-7(4)9(10,11)12/h2-3,15H,1H3,(H,13,14)/q-1. The lowest BCUT2D eigenvalue weighted by atomic mass is 9.76. The van der Waals surface area contributed by atoms with E-state index >= 15 is 0 Å². The molecule has 15 heavy (non-hydrogen) atoms. The molecule has 1 aromatic carbocycles. The molecule has 2 nitrogen and oxygen atoms in total. The number of hydrogen-bond acceptors (Lipinski definition) is 2. The Bertz CT molecular complexity index is 417. The van der Waals surface area contributed by atoms with Crippen LogP contribution in [0.2, 0.25) is 0 Å². The molecule has 0 fully saturated rings. The van der Waals surface area contributed by atoms with Gasteiger partial charge in [0.25, 0.3) is 0 Å². The van der Waals surface area contributed by atoms with Crippen molar-refractivity contribution in [1.29, 1.82) is 0 Å². The molecule has 0 heterocycles. The van der Waals surface area contributed by atoms with Gasteiger partial charge >= 0.3 is 12.9 Å². The van der Waals surface area contributed by atoms with Gasteiger partial charge < -0.3 is 18.1 Å². The van der Waals surface area contributed by atoms with E-state index in [1.807, 2.05) is 0 Å². The minimum absolute atomic E-state index is 0.00722. The van der Waals surface area contributed by atoms with Crippen molar-refractivity contribution in [2.24, 2.45) is 0 Å². The Hall–Kier alpha value is -1.11. The zero-order valence-corrected chi connectivity index (χ0v) is 8.56. The Morgan fingerprint density at radius 1 is 1.40 bits per heavy atom. The SMILES string of the molecule is Cc1c(C(=O)O)cc(S)cc1[B-](F)(F)F. The fraction of sp³-hybridized carbons (Fsp3) is 0.125. The molecule has 0 bridgehead atoms. The fourth-order valence-corrected chi connectivity index (χ4v) is 1.55. The maximum absolute atomic E-state index is 12.5. The Kier molecular flexibility index (Phi) is 3.04. The first-order valence-electron chi connectivity index (χ1n) is 4.00. The molecule has 0 spiro atoms. The monoisotopic (exact) mass is 235 g/mol. The second kappa shape index (κ2) is 3.81. The van der Waals surface area contributed by atoms with Gasteiger partial charge in [-0.3, -0.25) is 0 Å². The molecule has 0 saturated heterocycles. The summed E-state index contributed by atoms with van der Waals surface area (Å²) in [6.07, 6.45) is 0. The average molecular weight is 235 g/mol. The second-order valence-electron chi connectivity index (χ2n) is 3.09. The Balaban J connectivity index is 3.49. The van der Waals surface area contributed by atoms with E-state index in [0.717, 1.165) is 19.1 Å². The van der Waals surface area contributed by atoms with Crippen molar-refractivity contribution in [3.8, 4) is 0 Å². The van der Waals surface area contributed by atoms with Crippen LogP contribution >= 0.6 is 12.6 Å². The summed E-state index contributed by atoms with van der Waals surface area (Å²) in [6.45, 7) is -4.07. The first-order chi connectivity index (χ1) is 6.73. The summed E-state index contributed by atoms with van der Waals surface area (Å²) in [7, 11) is 0. The van der Waals surface area contributed by atoms with Crippen molar-refractivity contribution in [1.82, 2.24) is 0 Å². The van der Waals surface area contributed by atoms with Crippen LogP contribution < -0.4 is 5.46 Å². The van der Waals surface area contributed by atoms with Gasteiger partial charge in [-0.15, -0.1) is 18.1 Å². The van der Waals surface area contributed by atoms with Crippen LogP contribution in [0.4, 0.5) is 12.9 Å². The van der Waals surface area contributed by atoms with Crippen LogP contribution in [0.25, 0.3) is 0 Å². The predicted octanol–water partition coefficient (Wildman–Crippen LogP) is 2.04. The molecule has 0 aliphatic carbocycles. The van der Waals surface area contributed by atoms with Gasteiger partial charge in [0.05, 0.1) is 5.56 Å². The van der Waals surface area contributed by atoms with Gasteiger partial charge in [-0.05, 0) is 13.0 Å². The van der Waals surface area contributed by atoms with Crippen molar-refractivity contribution >= 4 is 31.0 Å². The summed E-state index contributed by atoms with van der Waals surface area (Å²) in [4.78, 5) is 10.7. The first kappa shape index (κ1) is 12.0. The molecular formula is C8H7BF3O2S-. The number of benzene rings is 1. The number of hydrogen-bond donors (Lipinski definition) is 2. The van der Waals surface area contributed by atoms with E-state index in [2.05, 4.69) is 12.6 Å². The number of aromatic carboxylic acids is 1. The summed E-state index contributed by atoms with van der Waals surface area (Å²) >= 11 is 3.74. The zero-order valence-electron chi connectivity index (χ0n) is 7.67. The number of carboxylic acids is 1. The highest BCUT2D eigenvalue weighted by Crippen LogP contribution is 2.18. The van der Waals surface area contributed by atoms with Crippen LogP contribution in [0.1, 0.15) is 15.9 Å². The molecule has 7 heteroatoms. The number of thiol groups is 1. The molecule has 0 radical (unpaired) electrons. The summed E-state index contributed by atoms with van der Waals surface area (Å²) in [5.74, 6) is -1.38. The third kappa shape index (κ3) is 2.47. The van der Waals surface area contributed by atoms with E-state index in [0.29, 0.717) is 0 Å². The van der Waals surface area contributed by atoms with Crippen molar-refractivity contribution in [3.63, 3.8) is 0 Å². The molecule has 0 aromatic heterocycles. The highest BCUT2D eigenvalue weighted by molar-refractivity contribution is 7.80. The van der Waals surface area contributed by atoms with Gasteiger partial charge in [0.15, 0.2) is 0 Å². The zero-order chi connectivity index (χ0) is 11.8. The molecule has 1 rings (SSSR count). The third-order valence-corrected chi connectivity index (χ3v) is 2.27. The molecule has 1 N–H and O–H groups in total. The number of carboxylic acid groups (broad SMARTS) is 1. The predicted molar refractivity (Wildman–Crippen MR) is 54.1 cm³/mol. The maximum Gasteiger partial charge on any atom is 0.509 e.